The van der Waals surface area contributed by atoms with Crippen molar-refractivity contribution in [2.45, 2.75) is 95.0 Å². The lowest BCUT2D eigenvalue weighted by Crippen LogP contribution is -2.59. The number of methoxy groups -OCH3 is 1. The van der Waals surface area contributed by atoms with E-state index in [0.717, 1.165) is 12.8 Å². The fourth-order valence-electron chi connectivity index (χ4n) is 4.63. The van der Waals surface area contributed by atoms with Gasteiger partial charge in [0.05, 0.1) is 24.4 Å². The summed E-state index contributed by atoms with van der Waals surface area (Å²) >= 11 is 0. The molecule has 3 nitrogen and oxygen atoms in total. The Kier molecular flexibility index (Phi) is 4.68. The minimum atomic E-state index is -0.118. The molecule has 3 rings (SSSR count). The average molecular weight is 282 g/mol. The molecule has 0 bridgehead atoms. The van der Waals surface area contributed by atoms with Gasteiger partial charge in [-0.1, -0.05) is 25.7 Å². The molecule has 0 amide bonds. The standard InChI is InChI=1S/C17H30O3/c1-19-13-7-6-8-14(11-13)20-16-12-15(18)17(16)9-4-2-3-5-10-17/h13-16,18H,2-12H2,1H3. The lowest BCUT2D eigenvalue weighted by atomic mass is 9.59. The van der Waals surface area contributed by atoms with Crippen molar-refractivity contribution in [3.8, 4) is 0 Å². The van der Waals surface area contributed by atoms with E-state index in [-0.39, 0.29) is 11.5 Å². The fraction of sp³-hybridized carbons (Fsp3) is 1.00. The van der Waals surface area contributed by atoms with E-state index in [0.29, 0.717) is 18.3 Å². The van der Waals surface area contributed by atoms with Crippen LogP contribution in [0.4, 0.5) is 0 Å². The van der Waals surface area contributed by atoms with Crippen LogP contribution in [-0.4, -0.2) is 36.6 Å². The Morgan fingerprint density at radius 1 is 0.900 bits per heavy atom. The van der Waals surface area contributed by atoms with Gasteiger partial charge in [0.1, 0.15) is 0 Å². The van der Waals surface area contributed by atoms with Gasteiger partial charge in [0, 0.05) is 18.9 Å². The maximum Gasteiger partial charge on any atom is 0.0684 e. The summed E-state index contributed by atoms with van der Waals surface area (Å²) in [6.07, 6.45) is 13.9. The zero-order valence-corrected chi connectivity index (χ0v) is 12.9. The van der Waals surface area contributed by atoms with Gasteiger partial charge in [0.2, 0.25) is 0 Å². The minimum absolute atomic E-state index is 0.0938. The molecule has 1 N–H and O–H groups in total. The van der Waals surface area contributed by atoms with Crippen LogP contribution in [0.2, 0.25) is 0 Å². The van der Waals surface area contributed by atoms with E-state index in [1.165, 1.54) is 57.8 Å². The summed E-state index contributed by atoms with van der Waals surface area (Å²) in [7, 11) is 1.81. The van der Waals surface area contributed by atoms with E-state index in [1.807, 2.05) is 7.11 Å². The summed E-state index contributed by atoms with van der Waals surface area (Å²) in [6.45, 7) is 0. The molecule has 3 saturated carbocycles. The van der Waals surface area contributed by atoms with Crippen molar-refractivity contribution in [2.75, 3.05) is 7.11 Å². The van der Waals surface area contributed by atoms with Gasteiger partial charge in [0.25, 0.3) is 0 Å². The number of aliphatic hydroxyl groups is 1. The summed E-state index contributed by atoms with van der Waals surface area (Å²) in [6, 6.07) is 0. The maximum atomic E-state index is 10.3. The number of ether oxygens (including phenoxy) is 2. The Morgan fingerprint density at radius 2 is 1.60 bits per heavy atom. The average Bonchev–Trinajstić information content (AvgIpc) is 2.75. The molecule has 20 heavy (non-hydrogen) atoms. The summed E-state index contributed by atoms with van der Waals surface area (Å²) in [4.78, 5) is 0. The van der Waals surface area contributed by atoms with E-state index in [2.05, 4.69) is 0 Å². The molecule has 116 valence electrons. The minimum Gasteiger partial charge on any atom is -0.392 e. The van der Waals surface area contributed by atoms with E-state index in [1.54, 1.807) is 0 Å². The highest BCUT2D eigenvalue weighted by Crippen LogP contribution is 2.53. The molecule has 4 atom stereocenters. The predicted molar refractivity (Wildman–Crippen MR) is 78.7 cm³/mol. The normalized spacial score (nSPS) is 41.1. The first kappa shape index (κ1) is 14.8. The number of hydrogen-bond acceptors (Lipinski definition) is 3. The molecular weight excluding hydrogens is 252 g/mol. The molecule has 0 saturated heterocycles. The Labute approximate surface area is 123 Å². The van der Waals surface area contributed by atoms with Gasteiger partial charge in [-0.15, -0.1) is 0 Å². The van der Waals surface area contributed by atoms with E-state index in [4.69, 9.17) is 9.47 Å². The van der Waals surface area contributed by atoms with E-state index >= 15 is 0 Å². The summed E-state index contributed by atoms with van der Waals surface area (Å²) in [5, 5.41) is 10.3. The van der Waals surface area contributed by atoms with Gasteiger partial charge in [0.15, 0.2) is 0 Å². The molecule has 4 unspecified atom stereocenters. The molecule has 0 aliphatic heterocycles. The summed E-state index contributed by atoms with van der Waals surface area (Å²) in [5.41, 5.74) is 0.0938. The second-order valence-electron chi connectivity index (χ2n) is 7.17. The second kappa shape index (κ2) is 6.33. The van der Waals surface area contributed by atoms with Crippen molar-refractivity contribution in [2.24, 2.45) is 5.41 Å². The Morgan fingerprint density at radius 3 is 2.25 bits per heavy atom. The number of aliphatic hydroxyl groups excluding tert-OH is 1. The molecule has 1 spiro atoms. The summed E-state index contributed by atoms with van der Waals surface area (Å²) < 4.78 is 11.9. The first-order valence-electron chi connectivity index (χ1n) is 8.61. The number of hydrogen-bond donors (Lipinski definition) is 1. The van der Waals surface area contributed by atoms with Crippen LogP contribution in [0.5, 0.6) is 0 Å². The highest BCUT2D eigenvalue weighted by molar-refractivity contribution is 5.05. The van der Waals surface area contributed by atoms with Gasteiger partial charge in [-0.2, -0.15) is 0 Å². The van der Waals surface area contributed by atoms with Crippen LogP contribution in [-0.2, 0) is 9.47 Å². The Balaban J connectivity index is 1.59. The highest BCUT2D eigenvalue weighted by atomic mass is 16.5. The van der Waals surface area contributed by atoms with Gasteiger partial charge in [-0.05, 0) is 38.5 Å². The molecule has 0 heterocycles. The van der Waals surface area contributed by atoms with Crippen LogP contribution >= 0.6 is 0 Å². The number of rotatable bonds is 3. The summed E-state index contributed by atoms with van der Waals surface area (Å²) in [5.74, 6) is 0. The van der Waals surface area contributed by atoms with Gasteiger partial charge >= 0.3 is 0 Å². The molecule has 3 aliphatic carbocycles. The molecular formula is C17H30O3. The van der Waals surface area contributed by atoms with Crippen LogP contribution in [0, 0.1) is 5.41 Å². The molecule has 0 radical (unpaired) electrons. The lowest BCUT2D eigenvalue weighted by Gasteiger charge is -2.54. The van der Waals surface area contributed by atoms with Crippen molar-refractivity contribution in [1.82, 2.24) is 0 Å². The van der Waals surface area contributed by atoms with Crippen LogP contribution in [0.3, 0.4) is 0 Å². The third-order valence-electron chi connectivity index (χ3n) is 6.04. The van der Waals surface area contributed by atoms with Crippen molar-refractivity contribution in [3.63, 3.8) is 0 Å². The molecule has 0 aromatic carbocycles. The quantitative estimate of drug-likeness (QED) is 0.862. The molecule has 0 aromatic heterocycles. The topological polar surface area (TPSA) is 38.7 Å². The lowest BCUT2D eigenvalue weighted by molar-refractivity contribution is -0.223. The van der Waals surface area contributed by atoms with E-state index in [9.17, 15) is 5.11 Å². The largest absolute Gasteiger partial charge is 0.392 e. The van der Waals surface area contributed by atoms with Gasteiger partial charge in [-0.25, -0.2) is 0 Å². The first-order valence-corrected chi connectivity index (χ1v) is 8.61. The molecule has 3 heteroatoms. The van der Waals surface area contributed by atoms with Crippen molar-refractivity contribution >= 4 is 0 Å². The van der Waals surface area contributed by atoms with Gasteiger partial charge in [-0.3, -0.25) is 0 Å². The van der Waals surface area contributed by atoms with Crippen molar-refractivity contribution < 1.29 is 14.6 Å². The highest BCUT2D eigenvalue weighted by Gasteiger charge is 2.55. The Hall–Kier alpha value is -0.120. The third-order valence-corrected chi connectivity index (χ3v) is 6.04. The molecule has 0 aromatic rings. The fourth-order valence-corrected chi connectivity index (χ4v) is 4.63. The molecule has 3 fully saturated rings. The molecule has 3 aliphatic rings. The van der Waals surface area contributed by atoms with Crippen LogP contribution in [0.25, 0.3) is 0 Å². The van der Waals surface area contributed by atoms with Crippen LogP contribution < -0.4 is 0 Å². The second-order valence-corrected chi connectivity index (χ2v) is 7.17. The van der Waals surface area contributed by atoms with Crippen molar-refractivity contribution in [1.29, 1.82) is 0 Å². The van der Waals surface area contributed by atoms with Crippen LogP contribution in [0.1, 0.15) is 70.6 Å². The smallest absolute Gasteiger partial charge is 0.0684 e. The van der Waals surface area contributed by atoms with E-state index < -0.39 is 0 Å². The zero-order chi connectivity index (χ0) is 14.0. The maximum absolute atomic E-state index is 10.3. The first-order chi connectivity index (χ1) is 9.74. The van der Waals surface area contributed by atoms with Crippen molar-refractivity contribution in [3.05, 3.63) is 0 Å². The van der Waals surface area contributed by atoms with Crippen LogP contribution in [0.15, 0.2) is 0 Å². The predicted octanol–water partition coefficient (Wildman–Crippen LogP) is 3.43. The van der Waals surface area contributed by atoms with Gasteiger partial charge < -0.3 is 14.6 Å². The monoisotopic (exact) mass is 282 g/mol. The SMILES string of the molecule is COC1CCCC(OC2CC(O)C23CCCCCC3)C1. The third kappa shape index (κ3) is 2.77. The Bertz CT molecular complexity index is 309. The zero-order valence-electron chi connectivity index (χ0n) is 12.9.